The molecule has 1 amide bonds. The van der Waals surface area contributed by atoms with Crippen molar-refractivity contribution in [3.8, 4) is 0 Å². The number of hydrogen-bond acceptors (Lipinski definition) is 3. The highest BCUT2D eigenvalue weighted by Crippen LogP contribution is 2.22. The third kappa shape index (κ3) is 2.51. The van der Waals surface area contributed by atoms with Crippen LogP contribution >= 0.6 is 11.8 Å². The van der Waals surface area contributed by atoms with Gasteiger partial charge in [0, 0.05) is 36.3 Å². The monoisotopic (exact) mass is 267 g/mol. The fourth-order valence-electron chi connectivity index (χ4n) is 2.28. The number of amides is 1. The number of nitrogens with zero attached hydrogens (tertiary/aromatic N) is 2. The van der Waals surface area contributed by atoms with Gasteiger partial charge in [-0.05, 0) is 26.8 Å². The molecule has 2 rings (SSSR count). The second kappa shape index (κ2) is 5.26. The minimum absolute atomic E-state index is 0.105. The summed E-state index contributed by atoms with van der Waals surface area (Å²) in [5, 5.41) is 0. The van der Waals surface area contributed by atoms with Crippen LogP contribution in [0.15, 0.2) is 12.3 Å². The number of carbonyl (C=O) groups is 1. The standard InChI is InChI=1S/C13H21N3OS/c1-9(2)16-7-11(14)6-12(16)13(17)15-4-5-18-8-10(15)3/h6-7,9-10H,4-5,8,14H2,1-3H3. The summed E-state index contributed by atoms with van der Waals surface area (Å²) in [5.41, 5.74) is 7.19. The molecule has 1 fully saturated rings. The zero-order valence-corrected chi connectivity index (χ0v) is 12.0. The Morgan fingerprint density at radius 2 is 2.28 bits per heavy atom. The third-order valence-electron chi connectivity index (χ3n) is 3.27. The van der Waals surface area contributed by atoms with Crippen LogP contribution in [0.4, 0.5) is 5.69 Å². The van der Waals surface area contributed by atoms with E-state index >= 15 is 0 Å². The molecule has 2 N–H and O–H groups in total. The smallest absolute Gasteiger partial charge is 0.270 e. The molecule has 1 aromatic rings. The summed E-state index contributed by atoms with van der Waals surface area (Å²) in [4.78, 5) is 14.6. The number of rotatable bonds is 2. The summed E-state index contributed by atoms with van der Waals surface area (Å²) < 4.78 is 1.96. The summed E-state index contributed by atoms with van der Waals surface area (Å²) in [6.07, 6.45) is 1.85. The number of thioether (sulfide) groups is 1. The number of aromatic nitrogens is 1. The molecule has 0 aromatic carbocycles. The average molecular weight is 267 g/mol. The largest absolute Gasteiger partial charge is 0.397 e. The van der Waals surface area contributed by atoms with Gasteiger partial charge in [0.2, 0.25) is 0 Å². The Kier molecular flexibility index (Phi) is 3.90. The molecule has 1 saturated heterocycles. The summed E-state index contributed by atoms with van der Waals surface area (Å²) >= 11 is 1.91. The molecule has 0 aliphatic carbocycles. The van der Waals surface area contributed by atoms with E-state index in [1.165, 1.54) is 0 Å². The van der Waals surface area contributed by atoms with E-state index in [1.807, 2.05) is 27.4 Å². The van der Waals surface area contributed by atoms with E-state index in [4.69, 9.17) is 5.73 Å². The molecule has 0 saturated carbocycles. The summed E-state index contributed by atoms with van der Waals surface area (Å²) in [5.74, 6) is 2.14. The molecule has 1 atom stereocenters. The second-order valence-corrected chi connectivity index (χ2v) is 6.23. The maximum atomic E-state index is 12.6. The number of nitrogen functional groups attached to an aromatic ring is 1. The van der Waals surface area contributed by atoms with Crippen molar-refractivity contribution in [2.75, 3.05) is 23.8 Å². The highest BCUT2D eigenvalue weighted by Gasteiger charge is 2.27. The molecular weight excluding hydrogens is 246 g/mol. The molecule has 1 aromatic heterocycles. The Morgan fingerprint density at radius 3 is 2.89 bits per heavy atom. The van der Waals surface area contributed by atoms with Crippen molar-refractivity contribution in [1.29, 1.82) is 0 Å². The molecule has 0 radical (unpaired) electrons. The molecular formula is C13H21N3OS. The number of anilines is 1. The molecule has 0 bridgehead atoms. The topological polar surface area (TPSA) is 51.3 Å². The number of carbonyl (C=O) groups excluding carboxylic acids is 1. The molecule has 1 aliphatic heterocycles. The van der Waals surface area contributed by atoms with Gasteiger partial charge in [0.05, 0.1) is 5.69 Å². The van der Waals surface area contributed by atoms with Crippen LogP contribution < -0.4 is 5.73 Å². The maximum absolute atomic E-state index is 12.6. The van der Waals surface area contributed by atoms with E-state index in [-0.39, 0.29) is 11.9 Å². The quantitative estimate of drug-likeness (QED) is 0.894. The summed E-state index contributed by atoms with van der Waals surface area (Å²) in [6, 6.07) is 2.33. The van der Waals surface area contributed by atoms with Gasteiger partial charge in [-0.1, -0.05) is 0 Å². The molecule has 100 valence electrons. The molecule has 2 heterocycles. The van der Waals surface area contributed by atoms with Crippen LogP contribution in [0.3, 0.4) is 0 Å². The van der Waals surface area contributed by atoms with Crippen molar-refractivity contribution >= 4 is 23.4 Å². The second-order valence-electron chi connectivity index (χ2n) is 5.08. The lowest BCUT2D eigenvalue weighted by molar-refractivity contribution is 0.0703. The van der Waals surface area contributed by atoms with Crippen molar-refractivity contribution in [1.82, 2.24) is 9.47 Å². The van der Waals surface area contributed by atoms with Gasteiger partial charge in [-0.3, -0.25) is 4.79 Å². The van der Waals surface area contributed by atoms with Gasteiger partial charge in [-0.2, -0.15) is 11.8 Å². The first-order valence-corrected chi connectivity index (χ1v) is 7.52. The SMILES string of the molecule is CC1CSCCN1C(=O)c1cc(N)cn1C(C)C. The molecule has 1 aliphatic rings. The zero-order chi connectivity index (χ0) is 13.3. The van der Waals surface area contributed by atoms with Crippen LogP contribution in [-0.2, 0) is 0 Å². The van der Waals surface area contributed by atoms with Crippen molar-refractivity contribution in [3.63, 3.8) is 0 Å². The van der Waals surface area contributed by atoms with E-state index in [0.717, 1.165) is 18.1 Å². The van der Waals surface area contributed by atoms with Crippen LogP contribution in [0.25, 0.3) is 0 Å². The molecule has 0 spiro atoms. The van der Waals surface area contributed by atoms with Crippen LogP contribution in [0.5, 0.6) is 0 Å². The lowest BCUT2D eigenvalue weighted by Gasteiger charge is -2.33. The number of nitrogens with two attached hydrogens (primary N) is 1. The highest BCUT2D eigenvalue weighted by atomic mass is 32.2. The van der Waals surface area contributed by atoms with Gasteiger partial charge < -0.3 is 15.2 Å². The Labute approximate surface area is 113 Å². The van der Waals surface area contributed by atoms with Gasteiger partial charge in [-0.25, -0.2) is 0 Å². The highest BCUT2D eigenvalue weighted by molar-refractivity contribution is 7.99. The maximum Gasteiger partial charge on any atom is 0.270 e. The first kappa shape index (κ1) is 13.3. The van der Waals surface area contributed by atoms with E-state index in [0.29, 0.717) is 17.4 Å². The van der Waals surface area contributed by atoms with Crippen LogP contribution in [0.1, 0.15) is 37.3 Å². The van der Waals surface area contributed by atoms with Crippen molar-refractivity contribution < 1.29 is 4.79 Å². The molecule has 5 heteroatoms. The average Bonchev–Trinajstić information content (AvgIpc) is 2.71. The van der Waals surface area contributed by atoms with Crippen LogP contribution in [0, 0.1) is 0 Å². The Hall–Kier alpha value is -1.10. The van der Waals surface area contributed by atoms with E-state index in [9.17, 15) is 4.79 Å². The van der Waals surface area contributed by atoms with Crippen LogP contribution in [-0.4, -0.2) is 39.5 Å². The predicted octanol–water partition coefficient (Wildman–Crippen LogP) is 2.23. The Morgan fingerprint density at radius 1 is 1.56 bits per heavy atom. The Balaban J connectivity index is 2.27. The van der Waals surface area contributed by atoms with E-state index in [2.05, 4.69) is 20.8 Å². The Bertz CT molecular complexity index is 441. The predicted molar refractivity (Wildman–Crippen MR) is 77.1 cm³/mol. The van der Waals surface area contributed by atoms with E-state index < -0.39 is 0 Å². The van der Waals surface area contributed by atoms with Gasteiger partial charge in [-0.15, -0.1) is 0 Å². The molecule has 18 heavy (non-hydrogen) atoms. The van der Waals surface area contributed by atoms with Crippen molar-refractivity contribution in [2.24, 2.45) is 0 Å². The first-order chi connectivity index (χ1) is 8.50. The third-order valence-corrected chi connectivity index (χ3v) is 4.46. The van der Waals surface area contributed by atoms with E-state index in [1.54, 1.807) is 6.07 Å². The minimum atomic E-state index is 0.105. The zero-order valence-electron chi connectivity index (χ0n) is 11.2. The van der Waals surface area contributed by atoms with Gasteiger partial charge in [0.15, 0.2) is 0 Å². The molecule has 4 nitrogen and oxygen atoms in total. The van der Waals surface area contributed by atoms with Crippen LogP contribution in [0.2, 0.25) is 0 Å². The van der Waals surface area contributed by atoms with Crippen molar-refractivity contribution in [2.45, 2.75) is 32.9 Å². The normalized spacial score (nSPS) is 20.4. The minimum Gasteiger partial charge on any atom is -0.397 e. The lowest BCUT2D eigenvalue weighted by atomic mass is 10.2. The van der Waals surface area contributed by atoms with Crippen molar-refractivity contribution in [3.05, 3.63) is 18.0 Å². The fourth-order valence-corrected chi connectivity index (χ4v) is 3.29. The lowest BCUT2D eigenvalue weighted by Crippen LogP contribution is -2.45. The number of hydrogen-bond donors (Lipinski definition) is 1. The molecule has 1 unspecified atom stereocenters. The van der Waals surface area contributed by atoms with Gasteiger partial charge in [0.1, 0.15) is 5.69 Å². The summed E-state index contributed by atoms with van der Waals surface area (Å²) in [6.45, 7) is 7.06. The van der Waals surface area contributed by atoms with Gasteiger partial charge in [0.25, 0.3) is 5.91 Å². The summed E-state index contributed by atoms with van der Waals surface area (Å²) in [7, 11) is 0. The van der Waals surface area contributed by atoms with Gasteiger partial charge >= 0.3 is 0 Å². The first-order valence-electron chi connectivity index (χ1n) is 6.36. The fraction of sp³-hybridized carbons (Fsp3) is 0.615.